The SMILES string of the molecule is CN(C)CCN1CC2(CCOCC2)c2ccc(Nc3ccc(-c4cnc5cc(F)ccn45)c4cc[nH]c(=O)c34)nc21. The first-order chi connectivity index (χ1) is 19.9. The number of halogens is 1. The van der Waals surface area contributed by atoms with Gasteiger partial charge in [-0.15, -0.1) is 0 Å². The molecule has 2 N–H and O–H groups in total. The quantitative estimate of drug-likeness (QED) is 0.319. The number of likely N-dealkylation sites (N-methyl/N-ethyl adjacent to an activating group) is 1. The van der Waals surface area contributed by atoms with Gasteiger partial charge in [-0.3, -0.25) is 9.20 Å². The van der Waals surface area contributed by atoms with E-state index in [1.807, 2.05) is 28.7 Å². The molecule has 210 valence electrons. The van der Waals surface area contributed by atoms with Crippen LogP contribution in [0.2, 0.25) is 0 Å². The van der Waals surface area contributed by atoms with Crippen LogP contribution in [-0.4, -0.2) is 71.2 Å². The van der Waals surface area contributed by atoms with Crippen molar-refractivity contribution in [2.45, 2.75) is 18.3 Å². The summed E-state index contributed by atoms with van der Waals surface area (Å²) in [7, 11) is 4.17. The maximum atomic E-state index is 13.8. The average molecular weight is 554 g/mol. The first kappa shape index (κ1) is 25.7. The van der Waals surface area contributed by atoms with Gasteiger partial charge in [0.2, 0.25) is 0 Å². The lowest BCUT2D eigenvalue weighted by Gasteiger charge is -2.34. The van der Waals surface area contributed by atoms with Crippen molar-refractivity contribution in [1.29, 1.82) is 0 Å². The van der Waals surface area contributed by atoms with Gasteiger partial charge in [0.25, 0.3) is 5.56 Å². The van der Waals surface area contributed by atoms with Gasteiger partial charge in [0.1, 0.15) is 23.1 Å². The molecule has 0 unspecified atom stereocenters. The molecule has 1 spiro atoms. The predicted molar refractivity (Wildman–Crippen MR) is 159 cm³/mol. The third-order valence-corrected chi connectivity index (χ3v) is 8.46. The van der Waals surface area contributed by atoms with Crippen LogP contribution in [0.25, 0.3) is 27.7 Å². The van der Waals surface area contributed by atoms with Crippen molar-refractivity contribution in [2.24, 2.45) is 0 Å². The van der Waals surface area contributed by atoms with Gasteiger partial charge in [0, 0.05) is 73.2 Å². The molecule has 0 atom stereocenters. The number of fused-ring (bicyclic) bond motifs is 4. The maximum absolute atomic E-state index is 13.8. The number of benzene rings is 1. The second kappa shape index (κ2) is 9.97. The Bertz CT molecular complexity index is 1820. The van der Waals surface area contributed by atoms with Gasteiger partial charge in [0.15, 0.2) is 0 Å². The summed E-state index contributed by atoms with van der Waals surface area (Å²) >= 11 is 0. The second-order valence-corrected chi connectivity index (χ2v) is 11.3. The molecule has 0 radical (unpaired) electrons. The second-order valence-electron chi connectivity index (χ2n) is 11.3. The van der Waals surface area contributed by atoms with Gasteiger partial charge in [-0.05, 0) is 51.2 Å². The third kappa shape index (κ3) is 4.43. The van der Waals surface area contributed by atoms with Crippen molar-refractivity contribution >= 4 is 33.7 Å². The minimum atomic E-state index is -0.347. The van der Waals surface area contributed by atoms with E-state index in [9.17, 15) is 9.18 Å². The van der Waals surface area contributed by atoms with Crippen LogP contribution in [0.3, 0.4) is 0 Å². The maximum Gasteiger partial charge on any atom is 0.257 e. The van der Waals surface area contributed by atoms with E-state index in [0.29, 0.717) is 22.5 Å². The normalized spacial score (nSPS) is 16.2. The zero-order valence-corrected chi connectivity index (χ0v) is 23.2. The number of H-pyrrole nitrogens is 1. The van der Waals surface area contributed by atoms with Crippen LogP contribution in [-0.2, 0) is 10.2 Å². The summed E-state index contributed by atoms with van der Waals surface area (Å²) in [4.78, 5) is 30.1. The Labute approximate surface area is 236 Å². The number of aromatic nitrogens is 4. The Morgan fingerprint density at radius 1 is 1.15 bits per heavy atom. The molecule has 0 bridgehead atoms. The van der Waals surface area contributed by atoms with Gasteiger partial charge < -0.3 is 24.8 Å². The number of rotatable bonds is 6. The van der Waals surface area contributed by atoms with E-state index in [1.165, 1.54) is 17.7 Å². The number of anilines is 3. The number of nitrogens with zero attached hydrogens (tertiary/aromatic N) is 5. The highest BCUT2D eigenvalue weighted by atomic mass is 19.1. The van der Waals surface area contributed by atoms with Gasteiger partial charge in [0.05, 0.1) is 23.0 Å². The van der Waals surface area contributed by atoms with Crippen LogP contribution in [0.5, 0.6) is 0 Å². The predicted octanol–water partition coefficient (Wildman–Crippen LogP) is 4.55. The van der Waals surface area contributed by atoms with E-state index in [1.54, 1.807) is 18.6 Å². The molecule has 2 aliphatic heterocycles. The van der Waals surface area contributed by atoms with E-state index in [4.69, 9.17) is 9.72 Å². The van der Waals surface area contributed by atoms with E-state index in [2.05, 4.69) is 45.2 Å². The zero-order valence-electron chi connectivity index (χ0n) is 23.2. The minimum absolute atomic E-state index is 0.0633. The van der Waals surface area contributed by atoms with Crippen LogP contribution < -0.4 is 15.8 Å². The molecule has 41 heavy (non-hydrogen) atoms. The molecular weight excluding hydrogens is 521 g/mol. The molecule has 0 aliphatic carbocycles. The first-order valence-corrected chi connectivity index (χ1v) is 14.0. The number of ether oxygens (including phenoxy) is 1. The smallest absolute Gasteiger partial charge is 0.257 e. The number of nitrogens with one attached hydrogen (secondary N) is 2. The molecular formula is C31H32FN7O2. The molecule has 5 aromatic rings. The fourth-order valence-electron chi connectivity index (χ4n) is 6.32. The van der Waals surface area contributed by atoms with Crippen molar-refractivity contribution in [3.05, 3.63) is 82.8 Å². The zero-order chi connectivity index (χ0) is 28.1. The number of aromatic amines is 1. The lowest BCUT2D eigenvalue weighted by atomic mass is 9.76. The highest BCUT2D eigenvalue weighted by molar-refractivity contribution is 6.03. The largest absolute Gasteiger partial charge is 0.381 e. The third-order valence-electron chi connectivity index (χ3n) is 8.46. The summed E-state index contributed by atoms with van der Waals surface area (Å²) in [6, 6.07) is 12.7. The topological polar surface area (TPSA) is 90.8 Å². The van der Waals surface area contributed by atoms with Crippen LogP contribution in [0.15, 0.2) is 65.8 Å². The first-order valence-electron chi connectivity index (χ1n) is 14.0. The van der Waals surface area contributed by atoms with Crippen LogP contribution in [0, 0.1) is 5.82 Å². The van der Waals surface area contributed by atoms with Gasteiger partial charge in [-0.25, -0.2) is 14.4 Å². The Balaban J connectivity index is 1.29. The molecule has 4 aromatic heterocycles. The van der Waals surface area contributed by atoms with Crippen molar-refractivity contribution in [3.63, 3.8) is 0 Å². The van der Waals surface area contributed by atoms with Crippen molar-refractivity contribution < 1.29 is 9.13 Å². The number of imidazole rings is 1. The van der Waals surface area contributed by atoms with Gasteiger partial charge in [-0.1, -0.05) is 12.1 Å². The lowest BCUT2D eigenvalue weighted by Crippen LogP contribution is -2.40. The van der Waals surface area contributed by atoms with Crippen molar-refractivity contribution in [3.8, 4) is 11.3 Å². The number of hydrogen-bond acceptors (Lipinski definition) is 7. The summed E-state index contributed by atoms with van der Waals surface area (Å²) in [6.07, 6.45) is 6.98. The van der Waals surface area contributed by atoms with E-state index in [0.717, 1.165) is 68.2 Å². The van der Waals surface area contributed by atoms with Crippen molar-refractivity contribution in [2.75, 3.05) is 57.2 Å². The van der Waals surface area contributed by atoms with E-state index in [-0.39, 0.29) is 16.8 Å². The molecule has 1 aromatic carbocycles. The minimum Gasteiger partial charge on any atom is -0.381 e. The summed E-state index contributed by atoms with van der Waals surface area (Å²) in [6.45, 7) is 4.30. The summed E-state index contributed by atoms with van der Waals surface area (Å²) in [5, 5.41) is 4.73. The van der Waals surface area contributed by atoms with Gasteiger partial charge >= 0.3 is 0 Å². The Kier molecular flexibility index (Phi) is 6.24. The average Bonchev–Trinajstić information content (AvgIpc) is 3.51. The highest BCUT2D eigenvalue weighted by Gasteiger charge is 2.44. The summed E-state index contributed by atoms with van der Waals surface area (Å²) in [5.74, 6) is 1.34. The van der Waals surface area contributed by atoms with Gasteiger partial charge in [-0.2, -0.15) is 0 Å². The molecule has 0 amide bonds. The Morgan fingerprint density at radius 2 is 2.00 bits per heavy atom. The lowest BCUT2D eigenvalue weighted by molar-refractivity contribution is 0.0553. The molecule has 1 saturated heterocycles. The monoisotopic (exact) mass is 553 g/mol. The Hall–Kier alpha value is -4.28. The van der Waals surface area contributed by atoms with E-state index >= 15 is 0 Å². The standard InChI is InChI=1S/C31H32FN7O2/c1-37(2)13-14-38-19-31(9-15-41-16-10-31)23-4-6-26(36-29(23)38)35-24-5-3-21(22-7-11-33-30(40)28(22)24)25-18-34-27-17-20(32)8-12-39(25)27/h3-8,11-12,17-18H,9-10,13-16,19H2,1-2H3,(H,33,40)(H,35,36). The fourth-order valence-corrected chi connectivity index (χ4v) is 6.32. The highest BCUT2D eigenvalue weighted by Crippen LogP contribution is 2.46. The number of pyridine rings is 3. The molecule has 2 aliphatic rings. The van der Waals surface area contributed by atoms with E-state index < -0.39 is 0 Å². The summed E-state index contributed by atoms with van der Waals surface area (Å²) in [5.41, 5.74) is 3.91. The van der Waals surface area contributed by atoms with Crippen molar-refractivity contribution in [1.82, 2.24) is 24.3 Å². The summed E-state index contributed by atoms with van der Waals surface area (Å²) < 4.78 is 21.3. The van der Waals surface area contributed by atoms with Crippen LogP contribution >= 0.6 is 0 Å². The molecule has 0 saturated carbocycles. The fraction of sp³-hybridized carbons (Fsp3) is 0.323. The molecule has 6 heterocycles. The number of hydrogen-bond donors (Lipinski definition) is 2. The molecule has 1 fully saturated rings. The molecule has 7 rings (SSSR count). The molecule has 10 heteroatoms. The molecule has 9 nitrogen and oxygen atoms in total. The van der Waals surface area contributed by atoms with Crippen LogP contribution in [0.1, 0.15) is 18.4 Å². The van der Waals surface area contributed by atoms with Crippen LogP contribution in [0.4, 0.5) is 21.7 Å². The Morgan fingerprint density at radius 3 is 2.83 bits per heavy atom.